The van der Waals surface area contributed by atoms with Gasteiger partial charge in [-0.25, -0.2) is 0 Å². The summed E-state index contributed by atoms with van der Waals surface area (Å²) in [6, 6.07) is 17.9. The number of ketones is 1. The highest BCUT2D eigenvalue weighted by molar-refractivity contribution is 7.93. The lowest BCUT2D eigenvalue weighted by Gasteiger charge is -2.30. The SMILES string of the molecule is CCC(C)(CC)OCc1c(C)c(COC(=O)CCCCC(=O)C(C)(CC)CC)c(C)c(C(=O)P(=O)(c2ccccc2)c2ccccc2)c1C. The Balaban J connectivity index is 2.01. The number of esters is 1. The molecule has 0 spiro atoms. The van der Waals surface area contributed by atoms with Crippen LogP contribution in [0.1, 0.15) is 131 Å². The van der Waals surface area contributed by atoms with Crippen LogP contribution in [0.2, 0.25) is 0 Å². The van der Waals surface area contributed by atoms with E-state index in [-0.39, 0.29) is 42.4 Å². The van der Waals surface area contributed by atoms with Gasteiger partial charge < -0.3 is 14.0 Å². The number of unbranched alkanes of at least 4 members (excludes halogenated alkanes) is 1. The van der Waals surface area contributed by atoms with Crippen LogP contribution >= 0.6 is 7.14 Å². The van der Waals surface area contributed by atoms with E-state index in [1.165, 1.54) is 0 Å². The summed E-state index contributed by atoms with van der Waals surface area (Å²) in [5, 5.41) is 0.940. The molecule has 7 heteroatoms. The van der Waals surface area contributed by atoms with Gasteiger partial charge >= 0.3 is 5.97 Å². The minimum Gasteiger partial charge on any atom is -0.461 e. The maximum Gasteiger partial charge on any atom is 0.306 e. The molecule has 0 N–H and O–H groups in total. The van der Waals surface area contributed by atoms with Crippen molar-refractivity contribution in [1.29, 1.82) is 0 Å². The van der Waals surface area contributed by atoms with E-state index in [9.17, 15) is 14.4 Å². The van der Waals surface area contributed by atoms with Crippen molar-refractivity contribution >= 4 is 35.0 Å². The highest BCUT2D eigenvalue weighted by Crippen LogP contribution is 2.49. The Morgan fingerprint density at radius 1 is 0.653 bits per heavy atom. The van der Waals surface area contributed by atoms with E-state index in [0.717, 1.165) is 47.9 Å². The molecule has 0 atom stereocenters. The van der Waals surface area contributed by atoms with Crippen LogP contribution in [0, 0.1) is 26.2 Å². The maximum absolute atomic E-state index is 15.2. The number of ether oxygens (including phenoxy) is 2. The molecule has 3 aromatic rings. The van der Waals surface area contributed by atoms with Crippen molar-refractivity contribution in [3.05, 3.63) is 94.0 Å². The lowest BCUT2D eigenvalue weighted by atomic mass is 9.78. The molecule has 0 saturated carbocycles. The molecule has 0 amide bonds. The van der Waals surface area contributed by atoms with E-state index in [1.54, 1.807) is 48.5 Å². The van der Waals surface area contributed by atoms with Crippen LogP contribution in [0.5, 0.6) is 0 Å². The Labute approximate surface area is 294 Å². The van der Waals surface area contributed by atoms with E-state index in [1.807, 2.05) is 53.7 Å². The fourth-order valence-electron chi connectivity index (χ4n) is 6.32. The monoisotopic (exact) mass is 688 g/mol. The average Bonchev–Trinajstić information content (AvgIpc) is 3.12. The zero-order valence-electron chi connectivity index (χ0n) is 31.2. The van der Waals surface area contributed by atoms with Crippen LogP contribution in [0.3, 0.4) is 0 Å². The lowest BCUT2D eigenvalue weighted by Crippen LogP contribution is -2.28. The highest BCUT2D eigenvalue weighted by Gasteiger charge is 2.39. The fourth-order valence-corrected chi connectivity index (χ4v) is 8.93. The first-order valence-corrected chi connectivity index (χ1v) is 19.6. The molecule has 0 aliphatic carbocycles. The molecule has 0 heterocycles. The van der Waals surface area contributed by atoms with Gasteiger partial charge in [0.05, 0.1) is 12.2 Å². The van der Waals surface area contributed by atoms with E-state index >= 15 is 4.57 Å². The van der Waals surface area contributed by atoms with E-state index in [4.69, 9.17) is 9.47 Å². The summed E-state index contributed by atoms with van der Waals surface area (Å²) in [4.78, 5) is 40.6. The van der Waals surface area contributed by atoms with Crippen molar-refractivity contribution in [2.75, 3.05) is 0 Å². The summed E-state index contributed by atoms with van der Waals surface area (Å²) in [6.07, 6.45) is 5.11. The standard InChI is InChI=1S/C42H57O6P/c1-10-41(8,11-2)37(43)26-20-21-27-38(44)47-28-35-30(5)36(29-48-42(9,12-3)13-4)32(7)39(31(35)6)40(45)49(46,33-22-16-14-17-23-33)34-24-18-15-19-25-34/h14-19,22-25H,10-13,20-21,26-29H2,1-9H3. The van der Waals surface area contributed by atoms with Crippen molar-refractivity contribution < 1.29 is 28.4 Å². The molecule has 0 unspecified atom stereocenters. The summed E-state index contributed by atoms with van der Waals surface area (Å²) >= 11 is 0. The van der Waals surface area contributed by atoms with Gasteiger partial charge in [0.1, 0.15) is 12.4 Å². The second kappa shape index (κ2) is 17.5. The molecule has 266 valence electrons. The summed E-state index contributed by atoms with van der Waals surface area (Å²) in [5.41, 5.74) is 3.12. The fraction of sp³-hybridized carbons (Fsp3) is 0.500. The van der Waals surface area contributed by atoms with Crippen molar-refractivity contribution in [1.82, 2.24) is 0 Å². The first kappa shape index (κ1) is 40.1. The van der Waals surface area contributed by atoms with Gasteiger partial charge in [0, 0.05) is 34.4 Å². The second-order valence-electron chi connectivity index (χ2n) is 13.8. The molecule has 3 rings (SSSR count). The Morgan fingerprint density at radius 3 is 1.59 bits per heavy atom. The van der Waals surface area contributed by atoms with Crippen LogP contribution < -0.4 is 10.6 Å². The highest BCUT2D eigenvalue weighted by atomic mass is 31.2. The van der Waals surface area contributed by atoms with Gasteiger partial charge in [-0.05, 0) is 94.0 Å². The summed E-state index contributed by atoms with van der Waals surface area (Å²) in [7, 11) is -3.81. The third kappa shape index (κ3) is 9.07. The third-order valence-electron chi connectivity index (χ3n) is 11.0. The molecular formula is C42H57O6P. The van der Waals surface area contributed by atoms with Crippen LogP contribution in [-0.4, -0.2) is 22.9 Å². The minimum atomic E-state index is -3.81. The molecule has 0 saturated heterocycles. The molecular weight excluding hydrogens is 631 g/mol. The van der Waals surface area contributed by atoms with Gasteiger partial charge in [-0.2, -0.15) is 0 Å². The van der Waals surface area contributed by atoms with Crippen molar-refractivity contribution in [2.24, 2.45) is 5.41 Å². The van der Waals surface area contributed by atoms with E-state index in [0.29, 0.717) is 41.0 Å². The normalized spacial score (nSPS) is 12.2. The Kier molecular flexibility index (Phi) is 14.4. The molecule has 0 fully saturated rings. The second-order valence-corrected chi connectivity index (χ2v) is 16.5. The Morgan fingerprint density at radius 2 is 1.12 bits per heavy atom. The lowest BCUT2D eigenvalue weighted by molar-refractivity contribution is -0.145. The van der Waals surface area contributed by atoms with Crippen LogP contribution in [0.25, 0.3) is 0 Å². The molecule has 3 aromatic carbocycles. The number of hydrogen-bond donors (Lipinski definition) is 0. The first-order valence-electron chi connectivity index (χ1n) is 17.9. The smallest absolute Gasteiger partial charge is 0.306 e. The van der Waals surface area contributed by atoms with Crippen LogP contribution in [0.15, 0.2) is 60.7 Å². The van der Waals surface area contributed by atoms with Crippen molar-refractivity contribution in [3.63, 3.8) is 0 Å². The van der Waals surface area contributed by atoms with Gasteiger partial charge in [0.2, 0.25) is 12.7 Å². The summed E-state index contributed by atoms with van der Waals surface area (Å²) in [6.45, 7) is 18.3. The third-order valence-corrected chi connectivity index (χ3v) is 13.9. The number of carbonyl (C=O) groups excluding carboxylic acids is 3. The number of benzene rings is 3. The topological polar surface area (TPSA) is 86.7 Å². The number of rotatable bonds is 19. The number of Topliss-reactive ketones (excluding diaryl/α,β-unsaturated/α-hetero) is 1. The van der Waals surface area contributed by atoms with Gasteiger partial charge in [-0.3, -0.25) is 14.4 Å². The Hall–Kier alpha value is -3.34. The minimum absolute atomic E-state index is 0.0213. The molecule has 49 heavy (non-hydrogen) atoms. The van der Waals surface area contributed by atoms with Crippen molar-refractivity contribution in [3.8, 4) is 0 Å². The number of hydrogen-bond acceptors (Lipinski definition) is 6. The first-order chi connectivity index (χ1) is 23.2. The van der Waals surface area contributed by atoms with E-state index < -0.39 is 12.7 Å². The van der Waals surface area contributed by atoms with E-state index in [2.05, 4.69) is 20.8 Å². The van der Waals surface area contributed by atoms with Gasteiger partial charge in [-0.15, -0.1) is 0 Å². The summed E-state index contributed by atoms with van der Waals surface area (Å²) in [5.74, 6) is -0.107. The van der Waals surface area contributed by atoms with Crippen LogP contribution in [0.4, 0.5) is 0 Å². The van der Waals surface area contributed by atoms with Crippen molar-refractivity contribution in [2.45, 2.75) is 132 Å². The summed E-state index contributed by atoms with van der Waals surface area (Å²) < 4.78 is 27.5. The number of carbonyl (C=O) groups is 3. The molecule has 0 bridgehead atoms. The predicted octanol–water partition coefficient (Wildman–Crippen LogP) is 9.86. The molecule has 0 aromatic heterocycles. The van der Waals surface area contributed by atoms with Gasteiger partial charge in [0.15, 0.2) is 0 Å². The zero-order chi connectivity index (χ0) is 36.4. The Bertz CT molecular complexity index is 1590. The van der Waals surface area contributed by atoms with Gasteiger partial charge in [0.25, 0.3) is 0 Å². The maximum atomic E-state index is 15.2. The predicted molar refractivity (Wildman–Crippen MR) is 200 cm³/mol. The molecule has 0 aliphatic rings. The molecule has 0 aliphatic heterocycles. The average molecular weight is 689 g/mol. The van der Waals surface area contributed by atoms with Crippen LogP contribution in [-0.2, 0) is 36.8 Å². The zero-order valence-corrected chi connectivity index (χ0v) is 32.1. The van der Waals surface area contributed by atoms with Gasteiger partial charge in [-0.1, -0.05) is 95.3 Å². The quantitative estimate of drug-likeness (QED) is 0.0708. The molecule has 0 radical (unpaired) electrons. The molecule has 6 nitrogen and oxygen atoms in total. The largest absolute Gasteiger partial charge is 0.461 e.